The van der Waals surface area contributed by atoms with Crippen LogP contribution in [-0.2, 0) is 12.8 Å². The highest BCUT2D eigenvalue weighted by Crippen LogP contribution is 2.25. The molecule has 0 amide bonds. The quantitative estimate of drug-likeness (QED) is 0.764. The Balaban J connectivity index is 2.47. The molecular weight excluding hydrogens is 190 g/mol. The summed E-state index contributed by atoms with van der Waals surface area (Å²) >= 11 is 0. The highest BCUT2D eigenvalue weighted by Gasteiger charge is 2.19. The molecule has 1 atom stereocenters. The maximum Gasteiger partial charge on any atom is 0.337 e. The molecule has 1 aliphatic carbocycles. The SMILES string of the molecule is Cc1nc2c(cc1C(=O)O)CC(C)CC2. The molecule has 15 heavy (non-hydrogen) atoms. The second-order valence-electron chi connectivity index (χ2n) is 4.38. The fourth-order valence-electron chi connectivity index (χ4n) is 2.17. The van der Waals surface area contributed by atoms with E-state index < -0.39 is 5.97 Å². The average molecular weight is 205 g/mol. The number of hydrogen-bond acceptors (Lipinski definition) is 2. The molecule has 1 aromatic rings. The zero-order chi connectivity index (χ0) is 11.0. The van der Waals surface area contributed by atoms with E-state index in [-0.39, 0.29) is 0 Å². The van der Waals surface area contributed by atoms with E-state index in [1.165, 1.54) is 0 Å². The van der Waals surface area contributed by atoms with Crippen molar-refractivity contribution < 1.29 is 9.90 Å². The zero-order valence-electron chi connectivity index (χ0n) is 9.08. The van der Waals surface area contributed by atoms with Crippen LogP contribution in [0.5, 0.6) is 0 Å². The number of hydrogen-bond donors (Lipinski definition) is 1. The largest absolute Gasteiger partial charge is 0.478 e. The molecule has 0 radical (unpaired) electrons. The first-order chi connectivity index (χ1) is 7.08. The first-order valence-electron chi connectivity index (χ1n) is 5.30. The monoisotopic (exact) mass is 205 g/mol. The molecule has 80 valence electrons. The molecule has 0 bridgehead atoms. The average Bonchev–Trinajstić information content (AvgIpc) is 2.17. The van der Waals surface area contributed by atoms with Gasteiger partial charge in [0.05, 0.1) is 11.3 Å². The van der Waals surface area contributed by atoms with Crippen molar-refractivity contribution in [1.29, 1.82) is 0 Å². The van der Waals surface area contributed by atoms with Crippen molar-refractivity contribution >= 4 is 5.97 Å². The van der Waals surface area contributed by atoms with Crippen LogP contribution in [0.3, 0.4) is 0 Å². The van der Waals surface area contributed by atoms with E-state index in [4.69, 9.17) is 5.11 Å². The summed E-state index contributed by atoms with van der Waals surface area (Å²) in [6.45, 7) is 3.96. The summed E-state index contributed by atoms with van der Waals surface area (Å²) in [6, 6.07) is 1.80. The van der Waals surface area contributed by atoms with Crippen molar-refractivity contribution in [1.82, 2.24) is 4.98 Å². The summed E-state index contributed by atoms with van der Waals surface area (Å²) < 4.78 is 0. The lowest BCUT2D eigenvalue weighted by Gasteiger charge is -2.21. The maximum atomic E-state index is 10.9. The second-order valence-corrected chi connectivity index (χ2v) is 4.38. The second kappa shape index (κ2) is 3.65. The van der Waals surface area contributed by atoms with Crippen LogP contribution in [0.2, 0.25) is 0 Å². The van der Waals surface area contributed by atoms with E-state index >= 15 is 0 Å². The number of aromatic carboxylic acids is 1. The molecule has 3 heteroatoms. The Kier molecular flexibility index (Phi) is 2.47. The van der Waals surface area contributed by atoms with E-state index in [0.29, 0.717) is 17.2 Å². The van der Waals surface area contributed by atoms with Crippen LogP contribution in [-0.4, -0.2) is 16.1 Å². The topological polar surface area (TPSA) is 50.2 Å². The molecule has 1 aliphatic rings. The predicted molar refractivity (Wildman–Crippen MR) is 57.1 cm³/mol. The number of rotatable bonds is 1. The Morgan fingerprint density at radius 3 is 3.00 bits per heavy atom. The van der Waals surface area contributed by atoms with Crippen LogP contribution in [0.1, 0.15) is 40.7 Å². The number of nitrogens with zero attached hydrogens (tertiary/aromatic N) is 1. The predicted octanol–water partition coefficient (Wildman–Crippen LogP) is 2.21. The molecule has 1 aromatic heterocycles. The third-order valence-corrected chi connectivity index (χ3v) is 3.05. The van der Waals surface area contributed by atoms with Crippen molar-refractivity contribution in [2.45, 2.75) is 33.1 Å². The third-order valence-electron chi connectivity index (χ3n) is 3.05. The summed E-state index contributed by atoms with van der Waals surface area (Å²) in [5.74, 6) is -0.232. The van der Waals surface area contributed by atoms with Gasteiger partial charge in [0.25, 0.3) is 0 Å². The molecule has 1 unspecified atom stereocenters. The van der Waals surface area contributed by atoms with E-state index in [0.717, 1.165) is 30.5 Å². The smallest absolute Gasteiger partial charge is 0.337 e. The molecule has 3 nitrogen and oxygen atoms in total. The lowest BCUT2D eigenvalue weighted by atomic mass is 9.87. The van der Waals surface area contributed by atoms with Gasteiger partial charge in [-0.15, -0.1) is 0 Å². The van der Waals surface area contributed by atoms with Crippen LogP contribution < -0.4 is 0 Å². The summed E-state index contributed by atoms with van der Waals surface area (Å²) in [5, 5.41) is 8.99. The number of pyridine rings is 1. The van der Waals surface area contributed by atoms with Gasteiger partial charge in [-0.3, -0.25) is 4.98 Å². The first kappa shape index (κ1) is 10.1. The van der Waals surface area contributed by atoms with Crippen molar-refractivity contribution in [3.05, 3.63) is 28.6 Å². The summed E-state index contributed by atoms with van der Waals surface area (Å²) in [6.07, 6.45) is 3.10. The molecule has 0 aliphatic heterocycles. The van der Waals surface area contributed by atoms with Gasteiger partial charge in [0, 0.05) is 5.69 Å². The number of carboxylic acid groups (broad SMARTS) is 1. The normalized spacial score (nSPS) is 19.7. The van der Waals surface area contributed by atoms with Crippen molar-refractivity contribution in [3.8, 4) is 0 Å². The Morgan fingerprint density at radius 1 is 1.60 bits per heavy atom. The molecule has 0 saturated heterocycles. The Bertz CT molecular complexity index is 412. The van der Waals surface area contributed by atoms with Gasteiger partial charge in [0.2, 0.25) is 0 Å². The first-order valence-corrected chi connectivity index (χ1v) is 5.30. The lowest BCUT2D eigenvalue weighted by molar-refractivity contribution is 0.0695. The fraction of sp³-hybridized carbons (Fsp3) is 0.500. The van der Waals surface area contributed by atoms with Crippen LogP contribution in [0, 0.1) is 12.8 Å². The Hall–Kier alpha value is -1.38. The van der Waals surface area contributed by atoms with E-state index in [9.17, 15) is 4.79 Å². The van der Waals surface area contributed by atoms with Gasteiger partial charge in [-0.2, -0.15) is 0 Å². The van der Waals surface area contributed by atoms with Gasteiger partial charge in [-0.05, 0) is 43.7 Å². The Morgan fingerprint density at radius 2 is 2.33 bits per heavy atom. The minimum absolute atomic E-state index is 0.350. The number of carbonyl (C=O) groups is 1. The van der Waals surface area contributed by atoms with E-state index in [2.05, 4.69) is 11.9 Å². The van der Waals surface area contributed by atoms with E-state index in [1.807, 2.05) is 0 Å². The number of carboxylic acids is 1. The van der Waals surface area contributed by atoms with Gasteiger partial charge in [-0.1, -0.05) is 6.92 Å². The van der Waals surface area contributed by atoms with Gasteiger partial charge in [0.1, 0.15) is 0 Å². The zero-order valence-corrected chi connectivity index (χ0v) is 9.08. The van der Waals surface area contributed by atoms with Crippen LogP contribution in [0.4, 0.5) is 0 Å². The molecular formula is C12H15NO2. The molecule has 0 saturated carbocycles. The molecule has 1 heterocycles. The minimum Gasteiger partial charge on any atom is -0.478 e. The van der Waals surface area contributed by atoms with Gasteiger partial charge < -0.3 is 5.11 Å². The molecule has 0 spiro atoms. The number of fused-ring (bicyclic) bond motifs is 1. The standard InChI is InChI=1S/C12H15NO2/c1-7-3-4-11-9(5-7)6-10(12(14)15)8(2)13-11/h6-7H,3-5H2,1-2H3,(H,14,15). The van der Waals surface area contributed by atoms with Crippen molar-refractivity contribution in [2.24, 2.45) is 5.92 Å². The summed E-state index contributed by atoms with van der Waals surface area (Å²) in [7, 11) is 0. The molecule has 0 aromatic carbocycles. The highest BCUT2D eigenvalue weighted by atomic mass is 16.4. The van der Waals surface area contributed by atoms with Gasteiger partial charge in [0.15, 0.2) is 0 Å². The van der Waals surface area contributed by atoms with Gasteiger partial charge in [-0.25, -0.2) is 4.79 Å². The van der Waals surface area contributed by atoms with Crippen LogP contribution >= 0.6 is 0 Å². The van der Waals surface area contributed by atoms with Crippen molar-refractivity contribution in [3.63, 3.8) is 0 Å². The molecule has 1 N–H and O–H groups in total. The third kappa shape index (κ3) is 1.87. The molecule has 0 fully saturated rings. The summed E-state index contributed by atoms with van der Waals surface area (Å²) in [4.78, 5) is 15.3. The van der Waals surface area contributed by atoms with Crippen LogP contribution in [0.25, 0.3) is 0 Å². The summed E-state index contributed by atoms with van der Waals surface area (Å²) in [5.41, 5.74) is 3.20. The number of aryl methyl sites for hydroxylation is 2. The number of aromatic nitrogens is 1. The van der Waals surface area contributed by atoms with E-state index in [1.54, 1.807) is 13.0 Å². The Labute approximate surface area is 89.2 Å². The highest BCUT2D eigenvalue weighted by molar-refractivity contribution is 5.89. The van der Waals surface area contributed by atoms with Crippen LogP contribution in [0.15, 0.2) is 6.07 Å². The minimum atomic E-state index is -0.874. The lowest BCUT2D eigenvalue weighted by Crippen LogP contribution is -2.15. The fourth-order valence-corrected chi connectivity index (χ4v) is 2.17. The maximum absolute atomic E-state index is 10.9. The van der Waals surface area contributed by atoms with Gasteiger partial charge >= 0.3 is 5.97 Å². The van der Waals surface area contributed by atoms with Crippen molar-refractivity contribution in [2.75, 3.05) is 0 Å². The molecule has 2 rings (SSSR count).